The van der Waals surface area contributed by atoms with E-state index < -0.39 is 5.97 Å². The summed E-state index contributed by atoms with van der Waals surface area (Å²) >= 11 is 9.30. The third-order valence-electron chi connectivity index (χ3n) is 2.72. The van der Waals surface area contributed by atoms with E-state index in [1.54, 1.807) is 36.4 Å². The second kappa shape index (κ2) is 6.83. The molecule has 0 aliphatic rings. The Balaban J connectivity index is 2.24. The lowest BCUT2D eigenvalue weighted by Gasteiger charge is -2.10. The van der Waals surface area contributed by atoms with Crippen LogP contribution in [-0.4, -0.2) is 20.2 Å². The number of carbonyl (C=O) groups is 1. The van der Waals surface area contributed by atoms with Crippen LogP contribution in [-0.2, 0) is 0 Å². The molecule has 0 aliphatic heterocycles. The van der Waals surface area contributed by atoms with E-state index in [-0.39, 0.29) is 0 Å². The monoisotopic (exact) mass is 370 g/mol. The Bertz CT molecular complexity index is 673. The van der Waals surface area contributed by atoms with Gasteiger partial charge in [-0.2, -0.15) is 0 Å². The van der Waals surface area contributed by atoms with Gasteiger partial charge < -0.3 is 14.2 Å². The summed E-state index contributed by atoms with van der Waals surface area (Å²) in [6.45, 7) is 0. The number of methoxy groups -OCH3 is 2. The molecule has 0 saturated heterocycles. The van der Waals surface area contributed by atoms with Gasteiger partial charge in [0.25, 0.3) is 0 Å². The molecule has 0 heterocycles. The molecule has 2 aromatic rings. The van der Waals surface area contributed by atoms with Crippen LogP contribution in [0.25, 0.3) is 0 Å². The normalized spacial score (nSPS) is 10.1. The van der Waals surface area contributed by atoms with Crippen molar-refractivity contribution in [3.8, 4) is 17.2 Å². The molecule has 2 aromatic carbocycles. The van der Waals surface area contributed by atoms with Gasteiger partial charge in [-0.1, -0.05) is 27.5 Å². The molecular formula is C15H12BrClO4. The molecule has 0 unspecified atom stereocenters. The third kappa shape index (κ3) is 3.68. The van der Waals surface area contributed by atoms with Gasteiger partial charge >= 0.3 is 5.97 Å². The van der Waals surface area contributed by atoms with E-state index >= 15 is 0 Å². The van der Waals surface area contributed by atoms with Crippen molar-refractivity contribution in [2.24, 2.45) is 0 Å². The Morgan fingerprint density at radius 1 is 1.00 bits per heavy atom. The topological polar surface area (TPSA) is 44.8 Å². The van der Waals surface area contributed by atoms with Crippen LogP contribution in [0.15, 0.2) is 40.9 Å². The smallest absolute Gasteiger partial charge is 0.343 e. The average molecular weight is 372 g/mol. The molecular weight excluding hydrogens is 360 g/mol. The van der Waals surface area contributed by atoms with Crippen molar-refractivity contribution < 1.29 is 19.0 Å². The van der Waals surface area contributed by atoms with Crippen LogP contribution < -0.4 is 14.2 Å². The predicted molar refractivity (Wildman–Crippen MR) is 83.7 cm³/mol. The lowest BCUT2D eigenvalue weighted by Crippen LogP contribution is -2.09. The number of rotatable bonds is 4. The Hall–Kier alpha value is -1.72. The molecule has 0 atom stereocenters. The maximum Gasteiger partial charge on any atom is 0.343 e. The van der Waals surface area contributed by atoms with Gasteiger partial charge in [0, 0.05) is 4.47 Å². The van der Waals surface area contributed by atoms with Gasteiger partial charge in [0.05, 0.1) is 24.8 Å². The second-order valence-electron chi connectivity index (χ2n) is 4.03. The number of ether oxygens (including phenoxy) is 3. The Morgan fingerprint density at radius 3 is 2.29 bits per heavy atom. The van der Waals surface area contributed by atoms with E-state index in [0.717, 1.165) is 4.47 Å². The third-order valence-corrected chi connectivity index (χ3v) is 3.50. The molecule has 0 amide bonds. The first-order valence-corrected chi connectivity index (χ1v) is 7.11. The van der Waals surface area contributed by atoms with Gasteiger partial charge in [-0.15, -0.1) is 0 Å². The van der Waals surface area contributed by atoms with Crippen LogP contribution in [0.2, 0.25) is 5.02 Å². The second-order valence-corrected chi connectivity index (χ2v) is 5.36. The number of hydrogen-bond acceptors (Lipinski definition) is 4. The molecule has 0 aromatic heterocycles. The first kappa shape index (κ1) is 15.7. The molecule has 2 rings (SSSR count). The van der Waals surface area contributed by atoms with Crippen molar-refractivity contribution in [3.63, 3.8) is 0 Å². The van der Waals surface area contributed by atoms with Crippen LogP contribution in [0, 0.1) is 0 Å². The molecule has 21 heavy (non-hydrogen) atoms. The zero-order valence-electron chi connectivity index (χ0n) is 11.4. The molecule has 0 saturated carbocycles. The first-order valence-electron chi connectivity index (χ1n) is 5.94. The Morgan fingerprint density at radius 2 is 1.67 bits per heavy atom. The summed E-state index contributed by atoms with van der Waals surface area (Å²) in [6.07, 6.45) is 0. The fraction of sp³-hybridized carbons (Fsp3) is 0.133. The lowest BCUT2D eigenvalue weighted by atomic mass is 10.2. The molecule has 0 aliphatic carbocycles. The van der Waals surface area contributed by atoms with Gasteiger partial charge in [0.2, 0.25) is 0 Å². The van der Waals surface area contributed by atoms with Crippen molar-refractivity contribution in [2.45, 2.75) is 0 Å². The van der Waals surface area contributed by atoms with Gasteiger partial charge in [0.1, 0.15) is 5.75 Å². The fourth-order valence-electron chi connectivity index (χ4n) is 1.68. The number of hydrogen-bond donors (Lipinski definition) is 0. The van der Waals surface area contributed by atoms with E-state index in [1.807, 2.05) is 0 Å². The highest BCUT2D eigenvalue weighted by Gasteiger charge is 2.14. The number of halogens is 2. The van der Waals surface area contributed by atoms with E-state index in [1.165, 1.54) is 14.2 Å². The van der Waals surface area contributed by atoms with E-state index in [0.29, 0.717) is 27.8 Å². The molecule has 110 valence electrons. The largest absolute Gasteiger partial charge is 0.493 e. The van der Waals surface area contributed by atoms with Crippen LogP contribution in [0.4, 0.5) is 0 Å². The van der Waals surface area contributed by atoms with Gasteiger partial charge in [-0.25, -0.2) is 4.79 Å². The minimum absolute atomic E-state index is 0.291. The molecule has 0 N–H and O–H groups in total. The maximum absolute atomic E-state index is 12.1. The quantitative estimate of drug-likeness (QED) is 0.592. The molecule has 0 spiro atoms. The van der Waals surface area contributed by atoms with Crippen LogP contribution in [0.1, 0.15) is 10.4 Å². The van der Waals surface area contributed by atoms with E-state index in [2.05, 4.69) is 15.9 Å². The summed E-state index contributed by atoms with van der Waals surface area (Å²) < 4.78 is 16.3. The van der Waals surface area contributed by atoms with Gasteiger partial charge in [-0.05, 0) is 36.4 Å². The van der Waals surface area contributed by atoms with E-state index in [4.69, 9.17) is 25.8 Å². The summed E-state index contributed by atoms with van der Waals surface area (Å²) in [6, 6.07) is 9.79. The minimum Gasteiger partial charge on any atom is -0.493 e. The van der Waals surface area contributed by atoms with E-state index in [9.17, 15) is 4.79 Å². The maximum atomic E-state index is 12.1. The SMILES string of the molecule is COc1ccc(C(=O)Oc2ccc(Br)cc2Cl)cc1OC. The highest BCUT2D eigenvalue weighted by Crippen LogP contribution is 2.30. The fourth-order valence-corrected chi connectivity index (χ4v) is 2.39. The lowest BCUT2D eigenvalue weighted by molar-refractivity contribution is 0.0734. The zero-order valence-corrected chi connectivity index (χ0v) is 13.7. The molecule has 0 bridgehead atoms. The van der Waals surface area contributed by atoms with Crippen molar-refractivity contribution in [2.75, 3.05) is 14.2 Å². The minimum atomic E-state index is -0.528. The molecule has 0 fully saturated rings. The summed E-state index contributed by atoms with van der Waals surface area (Å²) in [7, 11) is 3.02. The summed E-state index contributed by atoms with van der Waals surface area (Å²) in [4.78, 5) is 12.1. The zero-order chi connectivity index (χ0) is 15.4. The van der Waals surface area contributed by atoms with Crippen LogP contribution in [0.3, 0.4) is 0 Å². The molecule has 6 heteroatoms. The predicted octanol–water partition coefficient (Wildman–Crippen LogP) is 4.34. The molecule has 4 nitrogen and oxygen atoms in total. The Kier molecular flexibility index (Phi) is 5.09. The highest BCUT2D eigenvalue weighted by molar-refractivity contribution is 9.10. The highest BCUT2D eigenvalue weighted by atomic mass is 79.9. The Labute approximate surface area is 135 Å². The number of esters is 1. The van der Waals surface area contributed by atoms with Crippen LogP contribution in [0.5, 0.6) is 17.2 Å². The van der Waals surface area contributed by atoms with Gasteiger partial charge in [0.15, 0.2) is 11.5 Å². The van der Waals surface area contributed by atoms with Crippen molar-refractivity contribution in [3.05, 3.63) is 51.5 Å². The van der Waals surface area contributed by atoms with Crippen molar-refractivity contribution >= 4 is 33.5 Å². The summed E-state index contributed by atoms with van der Waals surface area (Å²) in [5.74, 6) is 0.754. The average Bonchev–Trinajstić information content (AvgIpc) is 2.49. The number of carbonyl (C=O) groups excluding carboxylic acids is 1. The molecule has 0 radical (unpaired) electrons. The van der Waals surface area contributed by atoms with Crippen molar-refractivity contribution in [1.29, 1.82) is 0 Å². The first-order chi connectivity index (χ1) is 10.0. The summed E-state index contributed by atoms with van der Waals surface area (Å²) in [5, 5.41) is 0.346. The standard InChI is InChI=1S/C15H12BrClO4/c1-19-13-5-3-9(7-14(13)20-2)15(18)21-12-6-4-10(16)8-11(12)17/h3-8H,1-2H3. The van der Waals surface area contributed by atoms with Gasteiger partial charge in [-0.3, -0.25) is 0 Å². The van der Waals surface area contributed by atoms with Crippen LogP contribution >= 0.6 is 27.5 Å². The summed E-state index contributed by atoms with van der Waals surface area (Å²) in [5.41, 5.74) is 0.339. The number of benzene rings is 2. The van der Waals surface area contributed by atoms with Crippen molar-refractivity contribution in [1.82, 2.24) is 0 Å².